The molecule has 5 aromatic rings. The largest absolute Gasteiger partial charge is 0.506 e. The van der Waals surface area contributed by atoms with E-state index in [1.54, 1.807) is 18.2 Å². The van der Waals surface area contributed by atoms with Crippen LogP contribution >= 0.6 is 34.0 Å². The Kier molecular flexibility index (Phi) is 9.58. The zero-order chi connectivity index (χ0) is 33.4. The minimum absolute atomic E-state index is 0.00552. The van der Waals surface area contributed by atoms with Crippen LogP contribution in [0.5, 0.6) is 5.75 Å². The summed E-state index contributed by atoms with van der Waals surface area (Å²) in [6.45, 7) is 1.77. The van der Waals surface area contributed by atoms with Gasteiger partial charge in [-0.2, -0.15) is 0 Å². The third-order valence-electron chi connectivity index (χ3n) is 9.92. The van der Waals surface area contributed by atoms with Gasteiger partial charge in [0.15, 0.2) is 0 Å². The second kappa shape index (κ2) is 13.9. The first-order valence-corrected chi connectivity index (χ1v) is 18.8. The fourth-order valence-corrected chi connectivity index (χ4v) is 10.4. The third-order valence-corrected chi connectivity index (χ3v) is 12.8. The summed E-state index contributed by atoms with van der Waals surface area (Å²) >= 11 is 3.70. The number of carbonyl (C=O) groups is 1. The summed E-state index contributed by atoms with van der Waals surface area (Å²) < 4.78 is 6.76. The number of phenols is 1. The van der Waals surface area contributed by atoms with Crippen LogP contribution in [0.15, 0.2) is 76.2 Å². The van der Waals surface area contributed by atoms with Crippen molar-refractivity contribution in [3.63, 3.8) is 0 Å². The second-order valence-corrected chi connectivity index (χ2v) is 15.8. The molecule has 3 aromatic heterocycles. The molecule has 9 nitrogen and oxygen atoms in total. The first-order chi connectivity index (χ1) is 23.2. The average Bonchev–Trinajstić information content (AvgIpc) is 3.91. The predicted molar refractivity (Wildman–Crippen MR) is 190 cm³/mol. The van der Waals surface area contributed by atoms with Gasteiger partial charge in [0, 0.05) is 30.6 Å². The number of nitrogens with one attached hydrogen (secondary N) is 2. The molecule has 2 aliphatic rings. The molecule has 2 saturated carbocycles. The minimum Gasteiger partial charge on any atom is -0.506 e. The Labute approximate surface area is 290 Å². The Balaban J connectivity index is 0.938. The van der Waals surface area contributed by atoms with Gasteiger partial charge in [0.2, 0.25) is 5.60 Å². The summed E-state index contributed by atoms with van der Waals surface area (Å²) in [7, 11) is 2.16. The summed E-state index contributed by atoms with van der Waals surface area (Å²) in [5.41, 5.74) is 1.60. The van der Waals surface area contributed by atoms with Gasteiger partial charge in [0.25, 0.3) is 0 Å². The number of aromatic hydroxyl groups is 1. The summed E-state index contributed by atoms with van der Waals surface area (Å²) in [5, 5.41) is 39.6. The van der Waals surface area contributed by atoms with E-state index in [0.29, 0.717) is 50.6 Å². The van der Waals surface area contributed by atoms with Crippen LogP contribution in [-0.2, 0) is 28.1 Å². The number of fused-ring (bicyclic) bond motifs is 3. The highest BCUT2D eigenvalue weighted by Crippen LogP contribution is 2.49. The van der Waals surface area contributed by atoms with Gasteiger partial charge in [-0.1, -0.05) is 53.8 Å². The molecule has 0 saturated heterocycles. The maximum atomic E-state index is 13.7. The van der Waals surface area contributed by atoms with Crippen molar-refractivity contribution in [3.8, 4) is 5.75 Å². The number of carbonyl (C=O) groups excluding carboxylic acids is 1. The van der Waals surface area contributed by atoms with Crippen molar-refractivity contribution < 1.29 is 24.9 Å². The Bertz CT molecular complexity index is 1890. The zero-order valence-corrected chi connectivity index (χ0v) is 29.0. The van der Waals surface area contributed by atoms with Gasteiger partial charge in [-0.05, 0) is 85.3 Å². The number of aromatic nitrogens is 1. The van der Waals surface area contributed by atoms with Crippen LogP contribution in [0.4, 0.5) is 0 Å². The number of nitrogens with zero attached hydrogens (tertiary/aromatic N) is 1. The molecule has 48 heavy (non-hydrogen) atoms. The normalized spacial score (nSPS) is 21.3. The van der Waals surface area contributed by atoms with Gasteiger partial charge in [-0.25, -0.2) is 4.79 Å². The number of aromatic amines is 1. The molecule has 252 valence electrons. The van der Waals surface area contributed by atoms with Crippen LogP contribution in [0.3, 0.4) is 0 Å². The Morgan fingerprint density at radius 1 is 1.08 bits per heavy atom. The topological polar surface area (TPSA) is 135 Å². The van der Waals surface area contributed by atoms with Crippen molar-refractivity contribution in [1.29, 1.82) is 0 Å². The van der Waals surface area contributed by atoms with E-state index in [0.717, 1.165) is 43.6 Å². The van der Waals surface area contributed by atoms with Crippen molar-refractivity contribution in [2.45, 2.75) is 56.1 Å². The van der Waals surface area contributed by atoms with E-state index in [1.807, 2.05) is 22.9 Å². The zero-order valence-electron chi connectivity index (χ0n) is 26.5. The lowest BCUT2D eigenvalue weighted by molar-refractivity contribution is -0.170. The number of rotatable bonds is 13. The summed E-state index contributed by atoms with van der Waals surface area (Å²) in [6.07, 6.45) is 2.68. The van der Waals surface area contributed by atoms with E-state index < -0.39 is 17.7 Å². The Morgan fingerprint density at radius 2 is 1.83 bits per heavy atom. The highest BCUT2D eigenvalue weighted by atomic mass is 32.1. The third kappa shape index (κ3) is 6.38. The van der Waals surface area contributed by atoms with Crippen LogP contribution in [0.2, 0.25) is 0 Å². The van der Waals surface area contributed by atoms with Crippen LogP contribution in [0, 0.1) is 11.8 Å². The maximum absolute atomic E-state index is 13.7. The molecule has 2 fully saturated rings. The molecule has 7 rings (SSSR count). The molecule has 2 aliphatic carbocycles. The lowest BCUT2D eigenvalue weighted by Crippen LogP contribution is -2.42. The smallest absolute Gasteiger partial charge is 0.349 e. The molecule has 5 atom stereocenters. The highest BCUT2D eigenvalue weighted by molar-refractivity contribution is 7.16. The van der Waals surface area contributed by atoms with E-state index in [2.05, 4.69) is 46.5 Å². The van der Waals surface area contributed by atoms with Gasteiger partial charge >= 0.3 is 10.8 Å². The second-order valence-electron chi connectivity index (χ2n) is 12.9. The summed E-state index contributed by atoms with van der Waals surface area (Å²) in [4.78, 5) is 31.4. The fraction of sp³-hybridized carbons (Fsp3) is 0.389. The van der Waals surface area contributed by atoms with Gasteiger partial charge in [0.05, 0.1) is 20.6 Å². The lowest BCUT2D eigenvalue weighted by Gasteiger charge is -2.31. The molecular weight excluding hydrogens is 667 g/mol. The predicted octanol–water partition coefficient (Wildman–Crippen LogP) is 5.36. The molecular formula is C36H39N3O6S3. The molecule has 0 aliphatic heterocycles. The van der Waals surface area contributed by atoms with Crippen molar-refractivity contribution in [2.75, 3.05) is 20.1 Å². The molecule has 0 spiro atoms. The van der Waals surface area contributed by atoms with E-state index in [9.17, 15) is 24.9 Å². The monoisotopic (exact) mass is 705 g/mol. The standard InChI is InChI=1S/C36H39N3O6S3/c1-39(32-23-9-10-25(32)28(18-23)45-34(42)36(44,29-7-3-15-46-29)30-8-4-16-47-30)20-22-6-2-5-21(17-22)13-14-37-19-27(41)24-11-12-26(40)31-33(24)48-35(43)38-31/h2-8,11-12,15-17,23,25,27-28,32,37,40-41,44H,9-10,13-14,18-20H2,1H3,(H,38,43). The number of H-pyrrole nitrogens is 1. The molecule has 5 N–H and O–H groups in total. The average molecular weight is 706 g/mol. The van der Waals surface area contributed by atoms with Crippen LogP contribution in [-0.4, -0.2) is 63.5 Å². The fourth-order valence-electron chi connectivity index (χ4n) is 7.73. The van der Waals surface area contributed by atoms with Gasteiger partial charge < -0.3 is 30.4 Å². The van der Waals surface area contributed by atoms with Crippen molar-refractivity contribution in [3.05, 3.63) is 108 Å². The molecule has 3 heterocycles. The van der Waals surface area contributed by atoms with Crippen molar-refractivity contribution in [1.82, 2.24) is 15.2 Å². The van der Waals surface area contributed by atoms with Crippen LogP contribution in [0.25, 0.3) is 10.2 Å². The molecule has 0 amide bonds. The minimum atomic E-state index is -1.79. The number of aliphatic hydroxyl groups is 2. The van der Waals surface area contributed by atoms with E-state index >= 15 is 0 Å². The van der Waals surface area contributed by atoms with Crippen molar-refractivity contribution in [2.24, 2.45) is 11.8 Å². The first-order valence-electron chi connectivity index (χ1n) is 16.2. The molecule has 12 heteroatoms. The van der Waals surface area contributed by atoms with Gasteiger partial charge in [-0.3, -0.25) is 9.69 Å². The number of aliphatic hydroxyl groups excluding tert-OH is 1. The number of esters is 1. The number of ether oxygens (including phenoxy) is 1. The molecule has 5 unspecified atom stereocenters. The highest BCUT2D eigenvalue weighted by Gasteiger charge is 2.53. The number of phenolic OH excluding ortho intramolecular Hbond substituents is 1. The van der Waals surface area contributed by atoms with E-state index in [4.69, 9.17) is 4.74 Å². The van der Waals surface area contributed by atoms with Crippen LogP contribution < -0.4 is 10.2 Å². The molecule has 2 bridgehead atoms. The first kappa shape index (κ1) is 33.2. The van der Waals surface area contributed by atoms with Crippen LogP contribution in [0.1, 0.15) is 51.8 Å². The number of hydrogen-bond donors (Lipinski definition) is 5. The quantitative estimate of drug-likeness (QED) is 0.0817. The summed E-state index contributed by atoms with van der Waals surface area (Å²) in [5.74, 6) is 0.0725. The van der Waals surface area contributed by atoms with Crippen molar-refractivity contribution >= 4 is 50.2 Å². The van der Waals surface area contributed by atoms with E-state index in [-0.39, 0.29) is 22.6 Å². The number of benzene rings is 2. The van der Waals surface area contributed by atoms with E-state index in [1.165, 1.54) is 39.9 Å². The summed E-state index contributed by atoms with van der Waals surface area (Å²) in [6, 6.07) is 19.3. The maximum Gasteiger partial charge on any atom is 0.349 e. The Morgan fingerprint density at radius 3 is 2.56 bits per heavy atom. The Hall–Kier alpha value is -3.36. The number of thiophene rings is 2. The SMILES string of the molecule is CN(Cc1cccc(CCNCC(O)c2ccc(O)c3[nH]c(=O)sc23)c1)C1C2CCC1C(OC(=O)C(O)(c1cccs1)c1cccs1)C2. The lowest BCUT2D eigenvalue weighted by atomic mass is 9.96. The molecule has 0 radical (unpaired) electrons. The van der Waals surface area contributed by atoms with Gasteiger partial charge in [0.1, 0.15) is 17.4 Å². The molecule has 2 aromatic carbocycles. The van der Waals surface area contributed by atoms with Gasteiger partial charge in [-0.15, -0.1) is 22.7 Å². The number of hydrogen-bond acceptors (Lipinski definition) is 11. The number of thiazole rings is 1.